The Labute approximate surface area is 178 Å². The van der Waals surface area contributed by atoms with E-state index in [9.17, 15) is 4.79 Å². The van der Waals surface area contributed by atoms with E-state index < -0.39 is 0 Å². The van der Waals surface area contributed by atoms with Crippen LogP contribution in [0.3, 0.4) is 0 Å². The van der Waals surface area contributed by atoms with Crippen molar-refractivity contribution in [3.05, 3.63) is 24.2 Å². The predicted octanol–water partition coefficient (Wildman–Crippen LogP) is 1.67. The van der Waals surface area contributed by atoms with Crippen LogP contribution in [0.5, 0.6) is 0 Å². The summed E-state index contributed by atoms with van der Waals surface area (Å²) in [6, 6.07) is 3.44. The number of hydrogen-bond donors (Lipinski definition) is 1. The average Bonchev–Trinajstić information content (AvgIpc) is 3.21. The summed E-state index contributed by atoms with van der Waals surface area (Å²) in [7, 11) is 3.46. The third-order valence-electron chi connectivity index (χ3n) is 4.24. The molecule has 0 aromatic carbocycles. The highest BCUT2D eigenvalue weighted by atomic mass is 127. The molecule has 1 saturated heterocycles. The highest BCUT2D eigenvalue weighted by Crippen LogP contribution is 2.09. The van der Waals surface area contributed by atoms with E-state index in [1.54, 1.807) is 26.3 Å². The Morgan fingerprint density at radius 2 is 1.93 bits per heavy atom. The average molecular weight is 494 g/mol. The quantitative estimate of drug-likeness (QED) is 0.244. The van der Waals surface area contributed by atoms with Crippen molar-refractivity contribution in [2.75, 3.05) is 66.7 Å². The van der Waals surface area contributed by atoms with Gasteiger partial charge in [0, 0.05) is 53.5 Å². The number of piperazine rings is 1. The molecular weight excluding hydrogens is 463 g/mol. The number of unbranched alkanes of at least 4 members (excludes halogenated alkanes) is 1. The highest BCUT2D eigenvalue weighted by molar-refractivity contribution is 14.0. The summed E-state index contributed by atoms with van der Waals surface area (Å²) >= 11 is 0. The summed E-state index contributed by atoms with van der Waals surface area (Å²) in [6.07, 6.45) is 3.54. The number of ether oxygens (including phenoxy) is 2. The molecule has 2 heterocycles. The highest BCUT2D eigenvalue weighted by Gasteiger charge is 2.24. The van der Waals surface area contributed by atoms with E-state index in [0.29, 0.717) is 32.1 Å². The van der Waals surface area contributed by atoms with Gasteiger partial charge in [0.15, 0.2) is 11.7 Å². The fraction of sp³-hybridized carbons (Fsp3) is 0.667. The zero-order chi connectivity index (χ0) is 18.6. The Hall–Kier alpha value is -1.33. The maximum absolute atomic E-state index is 12.3. The minimum absolute atomic E-state index is 0. The van der Waals surface area contributed by atoms with Crippen LogP contribution in [0.1, 0.15) is 23.4 Å². The first-order valence-corrected chi connectivity index (χ1v) is 9.11. The number of furan rings is 1. The van der Waals surface area contributed by atoms with Crippen LogP contribution in [-0.2, 0) is 9.47 Å². The lowest BCUT2D eigenvalue weighted by Crippen LogP contribution is -2.53. The molecule has 2 rings (SSSR count). The lowest BCUT2D eigenvalue weighted by Gasteiger charge is -2.36. The van der Waals surface area contributed by atoms with E-state index in [0.717, 1.165) is 45.0 Å². The van der Waals surface area contributed by atoms with Crippen molar-refractivity contribution in [1.29, 1.82) is 0 Å². The fourth-order valence-corrected chi connectivity index (χ4v) is 2.78. The van der Waals surface area contributed by atoms with Gasteiger partial charge in [0.25, 0.3) is 5.91 Å². The molecule has 0 bridgehead atoms. The van der Waals surface area contributed by atoms with E-state index in [1.807, 2.05) is 4.90 Å². The number of nitrogens with zero attached hydrogens (tertiary/aromatic N) is 3. The molecule has 1 aliphatic heterocycles. The van der Waals surface area contributed by atoms with E-state index in [2.05, 4.69) is 15.2 Å². The molecule has 0 saturated carbocycles. The Kier molecular flexibility index (Phi) is 12.1. The van der Waals surface area contributed by atoms with Gasteiger partial charge in [-0.15, -0.1) is 24.0 Å². The number of carbonyl (C=O) groups is 1. The maximum Gasteiger partial charge on any atom is 0.289 e. The van der Waals surface area contributed by atoms with Crippen molar-refractivity contribution in [2.24, 2.45) is 4.99 Å². The minimum Gasteiger partial charge on any atom is -0.459 e. The van der Waals surface area contributed by atoms with Gasteiger partial charge in [0.2, 0.25) is 0 Å². The molecule has 8 nitrogen and oxygen atoms in total. The van der Waals surface area contributed by atoms with Gasteiger partial charge in [-0.3, -0.25) is 9.79 Å². The molecule has 27 heavy (non-hydrogen) atoms. The first kappa shape index (κ1) is 23.7. The standard InChI is InChI=1S/C18H30N4O4.HI/c1-19-18(20-7-3-4-12-25-15-14-24-2)22-10-8-21(9-11-22)17(23)16-6-5-13-26-16;/h5-6,13H,3-4,7-12,14-15H2,1-2H3,(H,19,20);1H. The second-order valence-electron chi connectivity index (χ2n) is 6.04. The lowest BCUT2D eigenvalue weighted by molar-refractivity contribution is 0.0657. The number of carbonyl (C=O) groups excluding carboxylic acids is 1. The van der Waals surface area contributed by atoms with Crippen molar-refractivity contribution in [3.63, 3.8) is 0 Å². The summed E-state index contributed by atoms with van der Waals surface area (Å²) < 4.78 is 15.6. The van der Waals surface area contributed by atoms with Gasteiger partial charge in [-0.05, 0) is 25.0 Å². The van der Waals surface area contributed by atoms with E-state index in [-0.39, 0.29) is 29.9 Å². The fourth-order valence-electron chi connectivity index (χ4n) is 2.78. The van der Waals surface area contributed by atoms with Crippen LogP contribution in [0.25, 0.3) is 0 Å². The number of rotatable bonds is 9. The SMILES string of the molecule is CN=C(NCCCCOCCOC)N1CCN(C(=O)c2ccco2)CC1.I. The lowest BCUT2D eigenvalue weighted by atomic mass is 10.3. The number of nitrogens with one attached hydrogen (secondary N) is 1. The molecular formula is C18H31IN4O4. The van der Waals surface area contributed by atoms with Crippen LogP contribution in [0, 0.1) is 0 Å². The van der Waals surface area contributed by atoms with Gasteiger partial charge >= 0.3 is 0 Å². The number of amides is 1. The van der Waals surface area contributed by atoms with Crippen molar-refractivity contribution in [3.8, 4) is 0 Å². The molecule has 1 N–H and O–H groups in total. The number of methoxy groups -OCH3 is 1. The first-order valence-electron chi connectivity index (χ1n) is 9.11. The third-order valence-corrected chi connectivity index (χ3v) is 4.24. The molecule has 1 aromatic heterocycles. The van der Waals surface area contributed by atoms with E-state index in [1.165, 1.54) is 6.26 Å². The van der Waals surface area contributed by atoms with Gasteiger partial charge in [-0.1, -0.05) is 0 Å². The molecule has 154 valence electrons. The summed E-state index contributed by atoms with van der Waals surface area (Å²) in [5.41, 5.74) is 0. The van der Waals surface area contributed by atoms with Crippen molar-refractivity contribution in [1.82, 2.24) is 15.1 Å². The topological polar surface area (TPSA) is 79.5 Å². The second kappa shape index (κ2) is 13.8. The third kappa shape index (κ3) is 8.06. The molecule has 0 aliphatic carbocycles. The van der Waals surface area contributed by atoms with Crippen LogP contribution in [-0.4, -0.2) is 88.4 Å². The van der Waals surface area contributed by atoms with Crippen LogP contribution in [0.2, 0.25) is 0 Å². The molecule has 0 unspecified atom stereocenters. The van der Waals surface area contributed by atoms with Crippen molar-refractivity contribution >= 4 is 35.8 Å². The molecule has 1 aliphatic rings. The predicted molar refractivity (Wildman–Crippen MR) is 115 cm³/mol. The van der Waals surface area contributed by atoms with Crippen LogP contribution in [0.4, 0.5) is 0 Å². The van der Waals surface area contributed by atoms with Gasteiger partial charge in [-0.25, -0.2) is 0 Å². The van der Waals surface area contributed by atoms with E-state index >= 15 is 0 Å². The normalized spacial score (nSPS) is 14.8. The largest absolute Gasteiger partial charge is 0.459 e. The second-order valence-corrected chi connectivity index (χ2v) is 6.04. The first-order chi connectivity index (χ1) is 12.8. The summed E-state index contributed by atoms with van der Waals surface area (Å²) in [5.74, 6) is 1.23. The Morgan fingerprint density at radius 1 is 1.19 bits per heavy atom. The zero-order valence-corrected chi connectivity index (χ0v) is 18.5. The van der Waals surface area contributed by atoms with Gasteiger partial charge < -0.3 is 29.0 Å². The number of halogens is 1. The molecule has 0 atom stereocenters. The maximum atomic E-state index is 12.3. The Bertz CT molecular complexity index is 546. The van der Waals surface area contributed by atoms with Crippen LogP contribution < -0.4 is 5.32 Å². The number of hydrogen-bond acceptors (Lipinski definition) is 5. The van der Waals surface area contributed by atoms with Gasteiger partial charge in [0.05, 0.1) is 19.5 Å². The molecule has 0 spiro atoms. The Balaban J connectivity index is 0.00000364. The van der Waals surface area contributed by atoms with Crippen molar-refractivity contribution < 1.29 is 18.7 Å². The number of guanidine groups is 1. The smallest absolute Gasteiger partial charge is 0.289 e. The van der Waals surface area contributed by atoms with Gasteiger partial charge in [-0.2, -0.15) is 0 Å². The van der Waals surface area contributed by atoms with E-state index in [4.69, 9.17) is 13.9 Å². The Morgan fingerprint density at radius 3 is 2.56 bits per heavy atom. The molecule has 9 heteroatoms. The number of aliphatic imine (C=N–C) groups is 1. The molecule has 1 fully saturated rings. The molecule has 1 aromatic rings. The summed E-state index contributed by atoms with van der Waals surface area (Å²) in [6.45, 7) is 5.72. The zero-order valence-electron chi connectivity index (χ0n) is 16.2. The van der Waals surface area contributed by atoms with Crippen LogP contribution >= 0.6 is 24.0 Å². The van der Waals surface area contributed by atoms with Gasteiger partial charge in [0.1, 0.15) is 0 Å². The van der Waals surface area contributed by atoms with Crippen molar-refractivity contribution in [2.45, 2.75) is 12.8 Å². The summed E-state index contributed by atoms with van der Waals surface area (Å²) in [5, 5.41) is 3.39. The monoisotopic (exact) mass is 494 g/mol. The summed E-state index contributed by atoms with van der Waals surface area (Å²) in [4.78, 5) is 20.6. The molecule has 0 radical (unpaired) electrons. The minimum atomic E-state index is -0.0499. The molecule has 1 amide bonds. The van der Waals surface area contributed by atoms with Crippen LogP contribution in [0.15, 0.2) is 27.8 Å².